The van der Waals surface area contributed by atoms with Gasteiger partial charge in [-0.2, -0.15) is 0 Å². The van der Waals surface area contributed by atoms with Gasteiger partial charge >= 0.3 is 6.09 Å². The van der Waals surface area contributed by atoms with Gasteiger partial charge in [-0.25, -0.2) is 10.2 Å². The molecule has 1 aromatic rings. The third kappa shape index (κ3) is 5.54. The standard InChI is InChI=1S/C13H20N2O3/c1-3-4-9-18-13(16)15-14-10-11-5-7-12(17-2)8-6-11/h5-8,14H,3-4,9-10H2,1-2H3,(H,15,16). The molecule has 0 saturated carbocycles. The second kappa shape index (κ2) is 8.36. The van der Waals surface area contributed by atoms with Gasteiger partial charge in [0.25, 0.3) is 0 Å². The maximum Gasteiger partial charge on any atom is 0.421 e. The van der Waals surface area contributed by atoms with Gasteiger partial charge in [-0.15, -0.1) is 0 Å². The summed E-state index contributed by atoms with van der Waals surface area (Å²) in [6, 6.07) is 7.60. The summed E-state index contributed by atoms with van der Waals surface area (Å²) in [6.07, 6.45) is 1.44. The average molecular weight is 252 g/mol. The minimum Gasteiger partial charge on any atom is -0.497 e. The molecule has 100 valence electrons. The van der Waals surface area contributed by atoms with Gasteiger partial charge in [0, 0.05) is 6.54 Å². The highest BCUT2D eigenvalue weighted by atomic mass is 16.6. The summed E-state index contributed by atoms with van der Waals surface area (Å²) >= 11 is 0. The molecule has 0 unspecified atom stereocenters. The number of carbonyl (C=O) groups is 1. The molecule has 5 heteroatoms. The van der Waals surface area contributed by atoms with Crippen LogP contribution in [0.25, 0.3) is 0 Å². The van der Waals surface area contributed by atoms with Crippen LogP contribution in [0.3, 0.4) is 0 Å². The van der Waals surface area contributed by atoms with Crippen molar-refractivity contribution in [3.05, 3.63) is 29.8 Å². The third-order valence-corrected chi connectivity index (χ3v) is 2.37. The summed E-state index contributed by atoms with van der Waals surface area (Å²) in [5, 5.41) is 0. The molecule has 0 spiro atoms. The molecule has 0 atom stereocenters. The van der Waals surface area contributed by atoms with Crippen LogP contribution in [0, 0.1) is 0 Å². The summed E-state index contributed by atoms with van der Waals surface area (Å²) in [4.78, 5) is 11.2. The number of rotatable bonds is 7. The van der Waals surface area contributed by atoms with Gasteiger partial charge in [0.1, 0.15) is 5.75 Å². The second-order valence-corrected chi connectivity index (χ2v) is 3.82. The Balaban J connectivity index is 2.18. The molecule has 0 aromatic heterocycles. The highest BCUT2D eigenvalue weighted by Crippen LogP contribution is 2.10. The normalized spacial score (nSPS) is 9.89. The van der Waals surface area contributed by atoms with E-state index in [1.165, 1.54) is 0 Å². The maximum atomic E-state index is 11.2. The lowest BCUT2D eigenvalue weighted by Gasteiger charge is -2.08. The lowest BCUT2D eigenvalue weighted by Crippen LogP contribution is -2.37. The van der Waals surface area contributed by atoms with E-state index in [2.05, 4.69) is 10.9 Å². The van der Waals surface area contributed by atoms with Gasteiger partial charge in [-0.05, 0) is 24.1 Å². The first-order chi connectivity index (χ1) is 8.76. The fraction of sp³-hybridized carbons (Fsp3) is 0.462. The van der Waals surface area contributed by atoms with Gasteiger partial charge < -0.3 is 9.47 Å². The smallest absolute Gasteiger partial charge is 0.421 e. The molecule has 5 nitrogen and oxygen atoms in total. The Labute approximate surface area is 107 Å². The van der Waals surface area contributed by atoms with Crippen molar-refractivity contribution in [2.24, 2.45) is 0 Å². The van der Waals surface area contributed by atoms with E-state index in [9.17, 15) is 4.79 Å². The predicted molar refractivity (Wildman–Crippen MR) is 69.2 cm³/mol. The van der Waals surface area contributed by atoms with E-state index in [0.29, 0.717) is 13.2 Å². The van der Waals surface area contributed by atoms with Crippen molar-refractivity contribution in [2.75, 3.05) is 13.7 Å². The third-order valence-electron chi connectivity index (χ3n) is 2.37. The number of unbranched alkanes of at least 4 members (excludes halogenated alkanes) is 1. The van der Waals surface area contributed by atoms with Crippen LogP contribution in [-0.2, 0) is 11.3 Å². The number of hydrazine groups is 1. The van der Waals surface area contributed by atoms with Crippen LogP contribution in [0.2, 0.25) is 0 Å². The Bertz CT molecular complexity index is 352. The van der Waals surface area contributed by atoms with E-state index in [1.807, 2.05) is 31.2 Å². The monoisotopic (exact) mass is 252 g/mol. The fourth-order valence-corrected chi connectivity index (χ4v) is 1.31. The molecule has 1 amide bonds. The zero-order valence-corrected chi connectivity index (χ0v) is 10.9. The minimum absolute atomic E-state index is 0.447. The Kier molecular flexibility index (Phi) is 6.64. The molecular weight excluding hydrogens is 232 g/mol. The molecule has 0 aliphatic rings. The largest absolute Gasteiger partial charge is 0.497 e. The van der Waals surface area contributed by atoms with Crippen molar-refractivity contribution >= 4 is 6.09 Å². The van der Waals surface area contributed by atoms with Crippen LogP contribution in [0.1, 0.15) is 25.3 Å². The van der Waals surface area contributed by atoms with Gasteiger partial charge in [-0.1, -0.05) is 25.5 Å². The van der Waals surface area contributed by atoms with Gasteiger partial charge in [-0.3, -0.25) is 5.43 Å². The van der Waals surface area contributed by atoms with E-state index < -0.39 is 6.09 Å². The first kappa shape index (κ1) is 14.3. The lowest BCUT2D eigenvalue weighted by atomic mass is 10.2. The summed E-state index contributed by atoms with van der Waals surface area (Å²) in [5.74, 6) is 0.811. The van der Waals surface area contributed by atoms with Crippen LogP contribution in [-0.4, -0.2) is 19.8 Å². The number of hydrogen-bond acceptors (Lipinski definition) is 4. The Hall–Kier alpha value is -1.75. The molecule has 0 aliphatic carbocycles. The topological polar surface area (TPSA) is 59.6 Å². The van der Waals surface area contributed by atoms with Crippen molar-refractivity contribution < 1.29 is 14.3 Å². The van der Waals surface area contributed by atoms with Crippen molar-refractivity contribution in [3.8, 4) is 5.75 Å². The average Bonchev–Trinajstić information content (AvgIpc) is 2.40. The molecule has 0 fully saturated rings. The molecule has 18 heavy (non-hydrogen) atoms. The van der Waals surface area contributed by atoms with Crippen molar-refractivity contribution in [2.45, 2.75) is 26.3 Å². The Morgan fingerprint density at radius 3 is 2.61 bits per heavy atom. The van der Waals surface area contributed by atoms with Gasteiger partial charge in [0.2, 0.25) is 0 Å². The lowest BCUT2D eigenvalue weighted by molar-refractivity contribution is 0.139. The maximum absolute atomic E-state index is 11.2. The van der Waals surface area contributed by atoms with Crippen LogP contribution in [0.15, 0.2) is 24.3 Å². The zero-order chi connectivity index (χ0) is 13.2. The number of benzene rings is 1. The quantitative estimate of drug-likeness (QED) is 0.577. The van der Waals surface area contributed by atoms with Crippen molar-refractivity contribution in [1.82, 2.24) is 10.9 Å². The number of carbonyl (C=O) groups excluding carboxylic acids is 1. The van der Waals surface area contributed by atoms with E-state index in [-0.39, 0.29) is 0 Å². The summed E-state index contributed by atoms with van der Waals surface area (Å²) in [5.41, 5.74) is 6.32. The van der Waals surface area contributed by atoms with E-state index in [4.69, 9.17) is 9.47 Å². The van der Waals surface area contributed by atoms with Crippen LogP contribution >= 0.6 is 0 Å². The van der Waals surface area contributed by atoms with Gasteiger partial charge in [0.05, 0.1) is 13.7 Å². The molecular formula is C13H20N2O3. The SMILES string of the molecule is CCCCOC(=O)NNCc1ccc(OC)cc1. The Morgan fingerprint density at radius 1 is 1.28 bits per heavy atom. The number of amides is 1. The molecule has 0 aliphatic heterocycles. The highest BCUT2D eigenvalue weighted by Gasteiger charge is 2.00. The molecule has 2 N–H and O–H groups in total. The first-order valence-electron chi connectivity index (χ1n) is 6.04. The van der Waals surface area contributed by atoms with Crippen molar-refractivity contribution in [1.29, 1.82) is 0 Å². The first-order valence-corrected chi connectivity index (χ1v) is 6.04. The molecule has 0 bridgehead atoms. The number of methoxy groups -OCH3 is 1. The fourth-order valence-electron chi connectivity index (χ4n) is 1.31. The summed E-state index contributed by atoms with van der Waals surface area (Å²) < 4.78 is 9.98. The van der Waals surface area contributed by atoms with Crippen molar-refractivity contribution in [3.63, 3.8) is 0 Å². The van der Waals surface area contributed by atoms with Crippen LogP contribution in [0.5, 0.6) is 5.75 Å². The van der Waals surface area contributed by atoms with E-state index in [0.717, 1.165) is 24.2 Å². The number of hydrogen-bond donors (Lipinski definition) is 2. The summed E-state index contributed by atoms with van der Waals surface area (Å²) in [6.45, 7) is 3.03. The van der Waals surface area contributed by atoms with Crippen LogP contribution < -0.4 is 15.6 Å². The van der Waals surface area contributed by atoms with E-state index >= 15 is 0 Å². The predicted octanol–water partition coefficient (Wildman–Crippen LogP) is 2.23. The highest BCUT2D eigenvalue weighted by molar-refractivity contribution is 5.66. The zero-order valence-electron chi connectivity index (χ0n) is 10.9. The molecule has 0 heterocycles. The molecule has 0 radical (unpaired) electrons. The van der Waals surface area contributed by atoms with Gasteiger partial charge in [0.15, 0.2) is 0 Å². The number of ether oxygens (including phenoxy) is 2. The molecule has 0 saturated heterocycles. The van der Waals surface area contributed by atoms with E-state index in [1.54, 1.807) is 7.11 Å². The summed E-state index contributed by atoms with van der Waals surface area (Å²) in [7, 11) is 1.63. The van der Waals surface area contributed by atoms with Crippen LogP contribution in [0.4, 0.5) is 4.79 Å². The second-order valence-electron chi connectivity index (χ2n) is 3.82. The number of nitrogens with one attached hydrogen (secondary N) is 2. The molecule has 1 rings (SSSR count). The molecule has 1 aromatic carbocycles. The Morgan fingerprint density at radius 2 is 2.00 bits per heavy atom. The minimum atomic E-state index is -0.447.